The Bertz CT molecular complexity index is 369. The third-order valence-corrected chi connectivity index (χ3v) is 6.93. The zero-order valence-electron chi connectivity index (χ0n) is 11.4. The lowest BCUT2D eigenvalue weighted by Crippen LogP contribution is -2.14. The van der Waals surface area contributed by atoms with Crippen molar-refractivity contribution in [3.63, 3.8) is 0 Å². The molecule has 3 heteroatoms. The molecule has 0 unspecified atom stereocenters. The molecule has 0 atom stereocenters. The van der Waals surface area contributed by atoms with Gasteiger partial charge in [0, 0.05) is 6.21 Å². The maximum Gasteiger partial charge on any atom is 0.108 e. The van der Waals surface area contributed by atoms with Gasteiger partial charge in [0.15, 0.2) is 0 Å². The van der Waals surface area contributed by atoms with E-state index in [-0.39, 0.29) is 0 Å². The van der Waals surface area contributed by atoms with E-state index in [9.17, 15) is 0 Å². The highest BCUT2D eigenvalue weighted by molar-refractivity contribution is 8.28. The Morgan fingerprint density at radius 2 is 1.94 bits per heavy atom. The minimum atomic E-state index is -0.918. The van der Waals surface area contributed by atoms with Gasteiger partial charge in [0.25, 0.3) is 0 Å². The van der Waals surface area contributed by atoms with E-state index in [4.69, 9.17) is 0 Å². The van der Waals surface area contributed by atoms with Gasteiger partial charge in [-0.2, -0.15) is 11.2 Å². The summed E-state index contributed by atoms with van der Waals surface area (Å²) in [6, 6.07) is 8.27. The molecular formula is C14H23NSSi. The van der Waals surface area contributed by atoms with E-state index in [1.54, 1.807) is 0 Å². The quantitative estimate of drug-likeness (QED) is 0.398. The number of benzene rings is 1. The molecule has 1 rings (SSSR count). The smallest absolute Gasteiger partial charge is 0.108 e. The van der Waals surface area contributed by atoms with Gasteiger partial charge in [-0.15, -0.1) is 0 Å². The molecule has 0 amide bonds. The van der Waals surface area contributed by atoms with Gasteiger partial charge in [-0.3, -0.25) is 4.99 Å². The van der Waals surface area contributed by atoms with Crippen LogP contribution in [0.25, 0.3) is 0 Å². The molecule has 1 aromatic rings. The Hall–Kier alpha value is -0.543. The van der Waals surface area contributed by atoms with Gasteiger partial charge in [0.05, 0.1) is 5.69 Å². The molecular weight excluding hydrogens is 242 g/mol. The fraction of sp³-hybridized carbons (Fsp3) is 0.500. The Kier molecular flexibility index (Phi) is 5.99. The summed E-state index contributed by atoms with van der Waals surface area (Å²) in [5.41, 5.74) is 2.35. The summed E-state index contributed by atoms with van der Waals surface area (Å²) in [5.74, 6) is 1.27. The first-order valence-electron chi connectivity index (χ1n) is 6.21. The van der Waals surface area contributed by atoms with Crippen molar-refractivity contribution in [1.29, 1.82) is 0 Å². The van der Waals surface area contributed by atoms with E-state index in [1.165, 1.54) is 17.7 Å². The highest BCUT2D eigenvalue weighted by Gasteiger charge is 2.12. The molecule has 0 aliphatic rings. The number of aryl methyl sites for hydroxylation is 1. The first-order chi connectivity index (χ1) is 7.99. The van der Waals surface area contributed by atoms with E-state index in [2.05, 4.69) is 67.2 Å². The molecule has 0 bridgehead atoms. The average Bonchev–Trinajstić information content (AvgIpc) is 2.24. The lowest BCUT2D eigenvalue weighted by atomic mass is 10.2. The normalized spacial score (nSPS) is 12.2. The molecule has 94 valence electrons. The van der Waals surface area contributed by atoms with Crippen molar-refractivity contribution in [3.05, 3.63) is 29.8 Å². The second-order valence-corrected chi connectivity index (χ2v) is 14.7. The van der Waals surface area contributed by atoms with Crippen LogP contribution in [0.4, 0.5) is 5.69 Å². The van der Waals surface area contributed by atoms with Crippen LogP contribution in [0.2, 0.25) is 19.6 Å². The second-order valence-electron chi connectivity index (χ2n) is 5.20. The highest BCUT2D eigenvalue weighted by atomic mass is 32.4. The molecule has 0 aliphatic heterocycles. The third kappa shape index (κ3) is 6.69. The fourth-order valence-electron chi connectivity index (χ4n) is 1.42. The maximum absolute atomic E-state index is 4.52. The molecule has 1 nitrogen and oxygen atoms in total. The number of hydrogen-bond donors (Lipinski definition) is 0. The molecule has 1 aromatic carbocycles. The molecule has 0 fully saturated rings. The van der Waals surface area contributed by atoms with Crippen LogP contribution in [0, 0.1) is 6.92 Å². The number of hydrogen-bond acceptors (Lipinski definition) is 2. The van der Waals surface area contributed by atoms with Crippen LogP contribution in [0.5, 0.6) is 0 Å². The van der Waals surface area contributed by atoms with E-state index < -0.39 is 7.22 Å². The van der Waals surface area contributed by atoms with Crippen molar-refractivity contribution in [3.8, 4) is 0 Å². The summed E-state index contributed by atoms with van der Waals surface area (Å²) in [6.07, 6.45) is 4.39. The number of aliphatic imine (C=N–C) groups is 1. The van der Waals surface area contributed by atoms with Crippen molar-refractivity contribution >= 4 is 30.3 Å². The van der Waals surface area contributed by atoms with Gasteiger partial charge in [0.1, 0.15) is 7.22 Å². The lowest BCUT2D eigenvalue weighted by Gasteiger charge is -2.14. The van der Waals surface area contributed by atoms with Crippen molar-refractivity contribution in [1.82, 2.24) is 0 Å². The van der Waals surface area contributed by atoms with Gasteiger partial charge in [0.2, 0.25) is 0 Å². The molecule has 0 aromatic heterocycles. The standard InChI is InChI=1S/C14H23NSSi/c1-13-9-5-6-10-14(13)15-11-7-8-12-16-17(2,3)4/h5-6,9-11H,7-8,12H2,1-4H3. The first kappa shape index (κ1) is 14.5. The Morgan fingerprint density at radius 1 is 1.24 bits per heavy atom. The fourth-order valence-corrected chi connectivity index (χ4v) is 4.62. The summed E-state index contributed by atoms with van der Waals surface area (Å²) < 4.78 is 0. The third-order valence-electron chi connectivity index (χ3n) is 2.36. The van der Waals surface area contributed by atoms with Gasteiger partial charge >= 0.3 is 0 Å². The number of unbranched alkanes of at least 4 members (excludes halogenated alkanes) is 1. The Balaban J connectivity index is 2.25. The predicted molar refractivity (Wildman–Crippen MR) is 84.4 cm³/mol. The van der Waals surface area contributed by atoms with E-state index in [0.717, 1.165) is 12.1 Å². The van der Waals surface area contributed by atoms with Crippen LogP contribution in [0.1, 0.15) is 18.4 Å². The SMILES string of the molecule is Cc1ccccc1N=CCCCS[Si](C)(C)C. The molecule has 0 saturated heterocycles. The van der Waals surface area contributed by atoms with Crippen LogP contribution < -0.4 is 0 Å². The Morgan fingerprint density at radius 3 is 2.59 bits per heavy atom. The summed E-state index contributed by atoms with van der Waals surface area (Å²) in [6.45, 7) is 9.31. The first-order valence-corrected chi connectivity index (χ1v) is 11.4. The maximum atomic E-state index is 4.52. The van der Waals surface area contributed by atoms with Gasteiger partial charge in [-0.25, -0.2) is 0 Å². The van der Waals surface area contributed by atoms with Gasteiger partial charge < -0.3 is 0 Å². The lowest BCUT2D eigenvalue weighted by molar-refractivity contribution is 1.03. The second kappa shape index (κ2) is 7.02. The number of rotatable bonds is 6. The average molecular weight is 265 g/mol. The van der Waals surface area contributed by atoms with Gasteiger partial charge in [-0.1, -0.05) is 37.8 Å². The summed E-state index contributed by atoms with van der Waals surface area (Å²) in [7, 11) is -0.918. The molecule has 0 heterocycles. The minimum absolute atomic E-state index is 0.918. The minimum Gasteiger partial charge on any atom is -0.261 e. The topological polar surface area (TPSA) is 12.4 Å². The zero-order valence-corrected chi connectivity index (χ0v) is 13.2. The van der Waals surface area contributed by atoms with Crippen molar-refractivity contribution < 1.29 is 0 Å². The number of para-hydroxylation sites is 1. The number of nitrogens with zero attached hydrogens (tertiary/aromatic N) is 1. The predicted octanol–water partition coefficient (Wildman–Crippen LogP) is 5.05. The van der Waals surface area contributed by atoms with Crippen LogP contribution in [0.15, 0.2) is 29.3 Å². The molecule has 0 radical (unpaired) electrons. The monoisotopic (exact) mass is 265 g/mol. The van der Waals surface area contributed by atoms with Crippen LogP contribution in [-0.4, -0.2) is 19.2 Å². The largest absolute Gasteiger partial charge is 0.261 e. The van der Waals surface area contributed by atoms with Crippen LogP contribution in [0.3, 0.4) is 0 Å². The zero-order chi connectivity index (χ0) is 12.7. The van der Waals surface area contributed by atoms with Crippen LogP contribution in [-0.2, 0) is 0 Å². The summed E-state index contributed by atoms with van der Waals surface area (Å²) >= 11 is 2.16. The van der Waals surface area contributed by atoms with Gasteiger partial charge in [-0.05, 0) is 37.1 Å². The molecule has 17 heavy (non-hydrogen) atoms. The molecule has 0 spiro atoms. The Labute approximate surface area is 110 Å². The molecule has 0 aliphatic carbocycles. The highest BCUT2D eigenvalue weighted by Crippen LogP contribution is 2.20. The van der Waals surface area contributed by atoms with E-state index in [0.29, 0.717) is 0 Å². The molecule has 0 saturated carbocycles. The molecule has 0 N–H and O–H groups in total. The van der Waals surface area contributed by atoms with Crippen molar-refractivity contribution in [2.75, 3.05) is 5.75 Å². The van der Waals surface area contributed by atoms with Crippen LogP contribution >= 0.6 is 11.2 Å². The summed E-state index contributed by atoms with van der Waals surface area (Å²) in [4.78, 5) is 4.52. The van der Waals surface area contributed by atoms with Crippen molar-refractivity contribution in [2.24, 2.45) is 4.99 Å². The van der Waals surface area contributed by atoms with E-state index >= 15 is 0 Å². The van der Waals surface area contributed by atoms with E-state index in [1.807, 2.05) is 6.07 Å². The van der Waals surface area contributed by atoms with Crippen molar-refractivity contribution in [2.45, 2.75) is 39.4 Å². The summed E-state index contributed by atoms with van der Waals surface area (Å²) in [5, 5.41) is 0.